The molecule has 2 atom stereocenters. The van der Waals surface area contributed by atoms with Gasteiger partial charge in [-0.2, -0.15) is 0 Å². The van der Waals surface area contributed by atoms with E-state index in [-0.39, 0.29) is 11.9 Å². The maximum absolute atomic E-state index is 14.2. The van der Waals surface area contributed by atoms with Crippen molar-refractivity contribution in [2.75, 3.05) is 6.54 Å². The molecule has 0 spiro atoms. The minimum atomic E-state index is -0.0951. The van der Waals surface area contributed by atoms with Crippen molar-refractivity contribution in [2.45, 2.75) is 31.1 Å². The Labute approximate surface area is 227 Å². The van der Waals surface area contributed by atoms with Crippen LogP contribution in [-0.4, -0.2) is 32.3 Å². The number of carbonyl (C=O) groups excluding carboxylic acids is 1. The van der Waals surface area contributed by atoms with Crippen molar-refractivity contribution < 1.29 is 4.79 Å². The van der Waals surface area contributed by atoms with Crippen molar-refractivity contribution in [2.24, 2.45) is 5.92 Å². The standard InChI is InChI=1S/C34H33NOSe/c1-26(15-14-24-37-30-22-12-5-13-23-30)25-35-33(29-20-10-4-11-21-29)31(27-16-6-2-7-17-27)32(34(35)36)28-18-8-3-9-19-28/h2-13,16-23,26,33H,14-15,24-25H2,1H3. The van der Waals surface area contributed by atoms with E-state index in [0.29, 0.717) is 20.9 Å². The second-order valence-corrected chi connectivity index (χ2v) is 12.2. The van der Waals surface area contributed by atoms with Gasteiger partial charge in [0.15, 0.2) is 0 Å². The predicted molar refractivity (Wildman–Crippen MR) is 156 cm³/mol. The van der Waals surface area contributed by atoms with E-state index in [4.69, 9.17) is 0 Å². The monoisotopic (exact) mass is 551 g/mol. The van der Waals surface area contributed by atoms with Crippen molar-refractivity contribution >= 4 is 36.5 Å². The Morgan fingerprint density at radius 3 is 1.89 bits per heavy atom. The van der Waals surface area contributed by atoms with Crippen molar-refractivity contribution in [3.05, 3.63) is 138 Å². The van der Waals surface area contributed by atoms with Crippen LogP contribution in [0.5, 0.6) is 0 Å². The van der Waals surface area contributed by atoms with E-state index < -0.39 is 0 Å². The molecule has 2 nitrogen and oxygen atoms in total. The van der Waals surface area contributed by atoms with E-state index in [1.807, 2.05) is 30.3 Å². The van der Waals surface area contributed by atoms with Gasteiger partial charge in [0.05, 0.1) is 0 Å². The SMILES string of the molecule is CC(CCC[Se]c1ccccc1)CN1C(=O)C(c2ccccc2)=C(c2ccccc2)C1c1ccccc1. The molecule has 0 aromatic heterocycles. The first-order chi connectivity index (χ1) is 18.2. The molecule has 1 aliphatic heterocycles. The van der Waals surface area contributed by atoms with Gasteiger partial charge in [0, 0.05) is 0 Å². The van der Waals surface area contributed by atoms with Crippen LogP contribution in [0.15, 0.2) is 121 Å². The zero-order valence-corrected chi connectivity index (χ0v) is 23.0. The number of rotatable bonds is 10. The van der Waals surface area contributed by atoms with Crippen LogP contribution in [0.4, 0.5) is 0 Å². The maximum atomic E-state index is 14.2. The van der Waals surface area contributed by atoms with E-state index >= 15 is 0 Å². The summed E-state index contributed by atoms with van der Waals surface area (Å²) in [6.45, 7) is 3.05. The molecule has 0 N–H and O–H groups in total. The van der Waals surface area contributed by atoms with E-state index in [0.717, 1.165) is 35.2 Å². The van der Waals surface area contributed by atoms with E-state index in [1.165, 1.54) is 21.8 Å². The van der Waals surface area contributed by atoms with Crippen LogP contribution in [0, 0.1) is 5.92 Å². The first-order valence-corrected chi connectivity index (χ1v) is 15.2. The van der Waals surface area contributed by atoms with E-state index in [1.54, 1.807) is 0 Å². The average molecular weight is 551 g/mol. The molecular formula is C34H33NOSe. The third kappa shape index (κ3) is 5.96. The fourth-order valence-electron chi connectivity index (χ4n) is 5.21. The van der Waals surface area contributed by atoms with Crippen LogP contribution in [0.1, 0.15) is 42.5 Å². The molecule has 0 saturated heterocycles. The first-order valence-electron chi connectivity index (χ1n) is 13.1. The average Bonchev–Trinajstić information content (AvgIpc) is 3.24. The summed E-state index contributed by atoms with van der Waals surface area (Å²) in [6, 6.07) is 41.9. The molecule has 1 aliphatic rings. The third-order valence-corrected chi connectivity index (χ3v) is 9.26. The van der Waals surface area contributed by atoms with Gasteiger partial charge >= 0.3 is 228 Å². The van der Waals surface area contributed by atoms with Gasteiger partial charge in [-0.3, -0.25) is 0 Å². The Balaban J connectivity index is 1.42. The van der Waals surface area contributed by atoms with Gasteiger partial charge in [0.1, 0.15) is 0 Å². The molecule has 1 amide bonds. The molecule has 186 valence electrons. The van der Waals surface area contributed by atoms with Gasteiger partial charge < -0.3 is 0 Å². The van der Waals surface area contributed by atoms with Gasteiger partial charge in [0.25, 0.3) is 0 Å². The molecule has 0 fully saturated rings. The zero-order valence-electron chi connectivity index (χ0n) is 21.3. The third-order valence-electron chi connectivity index (χ3n) is 6.95. The van der Waals surface area contributed by atoms with Gasteiger partial charge in [-0.1, -0.05) is 0 Å². The summed E-state index contributed by atoms with van der Waals surface area (Å²) in [5, 5.41) is 1.24. The summed E-state index contributed by atoms with van der Waals surface area (Å²) in [5.41, 5.74) is 5.22. The van der Waals surface area contributed by atoms with Gasteiger partial charge in [-0.15, -0.1) is 0 Å². The first kappa shape index (κ1) is 25.3. The Morgan fingerprint density at radius 2 is 1.27 bits per heavy atom. The topological polar surface area (TPSA) is 20.3 Å². The molecule has 4 aromatic carbocycles. The molecule has 0 radical (unpaired) electrons. The van der Waals surface area contributed by atoms with Crippen LogP contribution in [-0.2, 0) is 4.79 Å². The molecule has 0 saturated carbocycles. The van der Waals surface area contributed by atoms with E-state index in [2.05, 4.69) is 103 Å². The Kier molecular flexibility index (Phi) is 8.35. The zero-order chi connectivity index (χ0) is 25.5. The molecule has 2 unspecified atom stereocenters. The van der Waals surface area contributed by atoms with Crippen molar-refractivity contribution in [3.8, 4) is 0 Å². The molecule has 0 bridgehead atoms. The second-order valence-electron chi connectivity index (χ2n) is 9.70. The Morgan fingerprint density at radius 1 is 0.730 bits per heavy atom. The summed E-state index contributed by atoms with van der Waals surface area (Å²) in [4.78, 5) is 16.3. The van der Waals surface area contributed by atoms with Crippen molar-refractivity contribution in [3.63, 3.8) is 0 Å². The number of benzene rings is 4. The molecule has 3 heteroatoms. The van der Waals surface area contributed by atoms with Crippen LogP contribution >= 0.6 is 0 Å². The summed E-state index contributed by atoms with van der Waals surface area (Å²) < 4.78 is 1.46. The molecule has 4 aromatic rings. The van der Waals surface area contributed by atoms with Gasteiger partial charge in [-0.25, -0.2) is 0 Å². The summed E-state index contributed by atoms with van der Waals surface area (Å²) in [5.74, 6) is 0.563. The number of amides is 1. The molecule has 37 heavy (non-hydrogen) atoms. The number of hydrogen-bond acceptors (Lipinski definition) is 1. The van der Waals surface area contributed by atoms with E-state index in [9.17, 15) is 4.79 Å². The fraction of sp³-hybridized carbons (Fsp3) is 0.206. The summed E-state index contributed by atoms with van der Waals surface area (Å²) in [7, 11) is 0. The summed E-state index contributed by atoms with van der Waals surface area (Å²) >= 11 is 0.513. The number of nitrogens with zero attached hydrogens (tertiary/aromatic N) is 1. The number of carbonyl (C=O) groups is 1. The van der Waals surface area contributed by atoms with Crippen molar-refractivity contribution in [1.29, 1.82) is 0 Å². The molecular weight excluding hydrogens is 517 g/mol. The minimum absolute atomic E-state index is 0.0951. The number of hydrogen-bond donors (Lipinski definition) is 0. The Bertz CT molecular complexity index is 1320. The molecule has 5 rings (SSSR count). The van der Waals surface area contributed by atoms with Crippen molar-refractivity contribution in [1.82, 2.24) is 4.90 Å². The predicted octanol–water partition coefficient (Wildman–Crippen LogP) is 7.05. The Hall–Kier alpha value is -3.39. The van der Waals surface area contributed by atoms with Crippen LogP contribution in [0.3, 0.4) is 0 Å². The summed E-state index contributed by atoms with van der Waals surface area (Å²) in [6.07, 6.45) is 2.32. The molecule has 0 aliphatic carbocycles. The molecule has 1 heterocycles. The van der Waals surface area contributed by atoms with Gasteiger partial charge in [0.2, 0.25) is 0 Å². The second kappa shape index (κ2) is 12.2. The normalized spacial score (nSPS) is 16.3. The van der Waals surface area contributed by atoms with Crippen LogP contribution in [0.25, 0.3) is 11.1 Å². The fourth-order valence-corrected chi connectivity index (χ4v) is 7.09. The van der Waals surface area contributed by atoms with Gasteiger partial charge in [-0.05, 0) is 0 Å². The van der Waals surface area contributed by atoms with Crippen LogP contribution < -0.4 is 4.46 Å². The quantitative estimate of drug-likeness (QED) is 0.153. The van der Waals surface area contributed by atoms with Crippen LogP contribution in [0.2, 0.25) is 5.32 Å².